The van der Waals surface area contributed by atoms with Crippen molar-refractivity contribution in [2.45, 2.75) is 19.4 Å². The van der Waals surface area contributed by atoms with E-state index >= 15 is 0 Å². The van der Waals surface area contributed by atoms with Gasteiger partial charge >= 0.3 is 6.03 Å². The first-order valence-corrected chi connectivity index (χ1v) is 7.51. The van der Waals surface area contributed by atoms with Crippen LogP contribution in [0.5, 0.6) is 0 Å². The van der Waals surface area contributed by atoms with Crippen molar-refractivity contribution < 1.29 is 9.90 Å². The summed E-state index contributed by atoms with van der Waals surface area (Å²) in [6.45, 7) is 2.50. The third-order valence-electron chi connectivity index (χ3n) is 3.49. The second-order valence-electron chi connectivity index (χ2n) is 5.19. The molecule has 0 saturated heterocycles. The molecule has 2 rings (SSSR count). The number of urea groups is 1. The molecule has 4 nitrogen and oxygen atoms in total. The fourth-order valence-corrected chi connectivity index (χ4v) is 2.21. The highest BCUT2D eigenvalue weighted by atomic mass is 16.3. The van der Waals surface area contributed by atoms with Crippen LogP contribution in [0.25, 0.3) is 11.1 Å². The van der Waals surface area contributed by atoms with Crippen molar-refractivity contribution >= 4 is 6.03 Å². The van der Waals surface area contributed by atoms with Crippen LogP contribution in [0.15, 0.2) is 54.6 Å². The Bertz CT molecular complexity index is 582. The second-order valence-corrected chi connectivity index (χ2v) is 5.19. The number of aliphatic hydroxyl groups is 1. The number of benzene rings is 2. The van der Waals surface area contributed by atoms with E-state index in [1.807, 2.05) is 37.3 Å². The highest BCUT2D eigenvalue weighted by molar-refractivity contribution is 5.74. The van der Waals surface area contributed by atoms with E-state index in [4.69, 9.17) is 5.11 Å². The summed E-state index contributed by atoms with van der Waals surface area (Å²) in [5, 5.41) is 14.3. The fourth-order valence-electron chi connectivity index (χ4n) is 2.21. The maximum Gasteiger partial charge on any atom is 0.315 e. The summed E-state index contributed by atoms with van der Waals surface area (Å²) < 4.78 is 0. The van der Waals surface area contributed by atoms with E-state index in [0.717, 1.165) is 11.1 Å². The molecule has 4 heteroatoms. The number of carbonyl (C=O) groups excluding carboxylic acids is 1. The highest BCUT2D eigenvalue weighted by Gasteiger charge is 2.09. The lowest BCUT2D eigenvalue weighted by Gasteiger charge is -2.15. The molecule has 0 aliphatic rings. The predicted octanol–water partition coefficient (Wildman–Crippen LogP) is 3.10. The van der Waals surface area contributed by atoms with E-state index in [-0.39, 0.29) is 18.7 Å². The minimum Gasteiger partial charge on any atom is -0.396 e. The van der Waals surface area contributed by atoms with Crippen LogP contribution in [0.1, 0.15) is 24.9 Å². The molecule has 0 saturated carbocycles. The van der Waals surface area contributed by atoms with Crippen LogP contribution < -0.4 is 10.6 Å². The van der Waals surface area contributed by atoms with Gasteiger partial charge in [-0.1, -0.05) is 54.6 Å². The first-order valence-electron chi connectivity index (χ1n) is 7.51. The maximum atomic E-state index is 11.7. The Morgan fingerprint density at radius 2 is 1.68 bits per heavy atom. The molecule has 22 heavy (non-hydrogen) atoms. The highest BCUT2D eigenvalue weighted by Crippen LogP contribution is 2.21. The molecule has 0 bridgehead atoms. The topological polar surface area (TPSA) is 61.4 Å². The Balaban J connectivity index is 1.94. The second kappa shape index (κ2) is 8.20. The molecule has 1 atom stereocenters. The zero-order valence-corrected chi connectivity index (χ0v) is 12.8. The van der Waals surface area contributed by atoms with Gasteiger partial charge in [0.05, 0.1) is 6.04 Å². The average molecular weight is 298 g/mol. The van der Waals surface area contributed by atoms with Crippen molar-refractivity contribution in [2.75, 3.05) is 13.2 Å². The largest absolute Gasteiger partial charge is 0.396 e. The summed E-state index contributed by atoms with van der Waals surface area (Å²) in [6.07, 6.45) is 0.563. The number of hydrogen-bond acceptors (Lipinski definition) is 2. The molecule has 0 fully saturated rings. The van der Waals surface area contributed by atoms with Crippen molar-refractivity contribution in [3.05, 3.63) is 60.2 Å². The van der Waals surface area contributed by atoms with Gasteiger partial charge in [-0.15, -0.1) is 0 Å². The van der Waals surface area contributed by atoms with Gasteiger partial charge in [0.25, 0.3) is 0 Å². The Morgan fingerprint density at radius 3 is 2.32 bits per heavy atom. The standard InChI is InChI=1S/C18H22N2O2/c1-14(20-18(22)19-12-5-13-21)15-8-10-17(11-9-15)16-6-3-2-4-7-16/h2-4,6-11,14,21H,5,12-13H2,1H3,(H2,19,20,22). The van der Waals surface area contributed by atoms with Crippen LogP contribution in [0.3, 0.4) is 0 Å². The smallest absolute Gasteiger partial charge is 0.315 e. The van der Waals surface area contributed by atoms with Gasteiger partial charge in [-0.3, -0.25) is 0 Å². The van der Waals surface area contributed by atoms with Gasteiger partial charge in [0.1, 0.15) is 0 Å². The minimum absolute atomic E-state index is 0.0704. The van der Waals surface area contributed by atoms with E-state index < -0.39 is 0 Å². The molecule has 2 amide bonds. The van der Waals surface area contributed by atoms with Crippen LogP contribution in [0.4, 0.5) is 4.79 Å². The fraction of sp³-hybridized carbons (Fsp3) is 0.278. The van der Waals surface area contributed by atoms with Crippen molar-refractivity contribution in [3.63, 3.8) is 0 Å². The SMILES string of the molecule is CC(NC(=O)NCCCO)c1ccc(-c2ccccc2)cc1. The number of hydrogen-bond donors (Lipinski definition) is 3. The quantitative estimate of drug-likeness (QED) is 0.718. The zero-order valence-electron chi connectivity index (χ0n) is 12.8. The van der Waals surface area contributed by atoms with Crippen molar-refractivity contribution in [2.24, 2.45) is 0 Å². The van der Waals surface area contributed by atoms with Gasteiger partial charge in [-0.25, -0.2) is 4.79 Å². The third kappa shape index (κ3) is 4.60. The maximum absolute atomic E-state index is 11.7. The number of aliphatic hydroxyl groups excluding tert-OH is 1. The van der Waals surface area contributed by atoms with Gasteiger partial charge < -0.3 is 15.7 Å². The summed E-state index contributed by atoms with van der Waals surface area (Å²) in [7, 11) is 0. The number of amides is 2. The lowest BCUT2D eigenvalue weighted by molar-refractivity contribution is 0.235. The molecule has 0 heterocycles. The number of nitrogens with one attached hydrogen (secondary N) is 2. The summed E-state index contributed by atoms with van der Waals surface area (Å²) >= 11 is 0. The first kappa shape index (κ1) is 16.0. The molecular weight excluding hydrogens is 276 g/mol. The van der Waals surface area contributed by atoms with Crippen LogP contribution in [-0.2, 0) is 0 Å². The van der Waals surface area contributed by atoms with E-state index in [9.17, 15) is 4.79 Å². The van der Waals surface area contributed by atoms with Crippen LogP contribution >= 0.6 is 0 Å². The van der Waals surface area contributed by atoms with E-state index in [1.165, 1.54) is 5.56 Å². The summed E-state index contributed by atoms with van der Waals surface area (Å²) in [6, 6.07) is 18.1. The minimum atomic E-state index is -0.215. The van der Waals surface area contributed by atoms with Gasteiger partial charge in [0.15, 0.2) is 0 Å². The van der Waals surface area contributed by atoms with Crippen LogP contribution in [0, 0.1) is 0 Å². The molecule has 116 valence electrons. The predicted molar refractivity (Wildman–Crippen MR) is 88.5 cm³/mol. The lowest BCUT2D eigenvalue weighted by atomic mass is 10.0. The molecule has 2 aromatic rings. The van der Waals surface area contributed by atoms with E-state index in [1.54, 1.807) is 0 Å². The average Bonchev–Trinajstić information content (AvgIpc) is 2.56. The van der Waals surface area contributed by atoms with Crippen LogP contribution in [-0.4, -0.2) is 24.3 Å². The third-order valence-corrected chi connectivity index (χ3v) is 3.49. The Labute approximate surface area is 131 Å². The summed E-state index contributed by atoms with van der Waals surface area (Å²) in [4.78, 5) is 11.7. The Hall–Kier alpha value is -2.33. The summed E-state index contributed by atoms with van der Waals surface area (Å²) in [5.74, 6) is 0. The molecule has 0 spiro atoms. The van der Waals surface area contributed by atoms with Gasteiger partial charge in [0, 0.05) is 13.2 Å². The molecule has 3 N–H and O–H groups in total. The van der Waals surface area contributed by atoms with E-state index in [0.29, 0.717) is 13.0 Å². The molecule has 1 unspecified atom stereocenters. The molecule has 2 aromatic carbocycles. The van der Waals surface area contributed by atoms with E-state index in [2.05, 4.69) is 34.9 Å². The van der Waals surface area contributed by atoms with Gasteiger partial charge in [-0.2, -0.15) is 0 Å². The number of carbonyl (C=O) groups is 1. The molecule has 0 aromatic heterocycles. The molecule has 0 radical (unpaired) electrons. The summed E-state index contributed by atoms with van der Waals surface area (Å²) in [5.41, 5.74) is 3.39. The lowest BCUT2D eigenvalue weighted by Crippen LogP contribution is -2.37. The molecule has 0 aliphatic heterocycles. The van der Waals surface area contributed by atoms with Gasteiger partial charge in [-0.05, 0) is 30.0 Å². The van der Waals surface area contributed by atoms with Crippen molar-refractivity contribution in [1.29, 1.82) is 0 Å². The first-order chi connectivity index (χ1) is 10.7. The molecule has 0 aliphatic carbocycles. The molecular formula is C18H22N2O2. The zero-order chi connectivity index (χ0) is 15.8. The Morgan fingerprint density at radius 1 is 1.05 bits per heavy atom. The van der Waals surface area contributed by atoms with Crippen LogP contribution in [0.2, 0.25) is 0 Å². The Kier molecular flexibility index (Phi) is 5.98. The van der Waals surface area contributed by atoms with Crippen molar-refractivity contribution in [3.8, 4) is 11.1 Å². The van der Waals surface area contributed by atoms with Crippen molar-refractivity contribution in [1.82, 2.24) is 10.6 Å². The van der Waals surface area contributed by atoms with Gasteiger partial charge in [0.2, 0.25) is 0 Å². The number of rotatable bonds is 6. The monoisotopic (exact) mass is 298 g/mol. The normalized spacial score (nSPS) is 11.7.